The third-order valence-corrected chi connectivity index (χ3v) is 4.68. The highest BCUT2D eigenvalue weighted by molar-refractivity contribution is 6.29. The number of carbonyl (C=O) groups excluding carboxylic acids is 2. The quantitative estimate of drug-likeness (QED) is 0.559. The first kappa shape index (κ1) is 16.5. The molecule has 0 aliphatic heterocycles. The van der Waals surface area contributed by atoms with Gasteiger partial charge in [-0.3, -0.25) is 9.59 Å². The first-order chi connectivity index (χ1) is 12.7. The molecule has 3 aromatic rings. The van der Waals surface area contributed by atoms with E-state index in [4.69, 9.17) is 9.84 Å². The monoisotopic (exact) mass is 346 g/mol. The zero-order valence-corrected chi connectivity index (χ0v) is 14.2. The van der Waals surface area contributed by atoms with Crippen molar-refractivity contribution in [3.8, 4) is 5.75 Å². The molecule has 1 aliphatic rings. The summed E-state index contributed by atoms with van der Waals surface area (Å²) in [5.74, 6) is 0.278. The molecule has 4 nitrogen and oxygen atoms in total. The van der Waals surface area contributed by atoms with Crippen LogP contribution in [0.15, 0.2) is 54.6 Å². The van der Waals surface area contributed by atoms with E-state index in [0.717, 1.165) is 17.2 Å². The summed E-state index contributed by atoms with van der Waals surface area (Å²) in [6.07, 6.45) is 1.40. The van der Waals surface area contributed by atoms with Gasteiger partial charge in [0, 0.05) is 28.9 Å². The van der Waals surface area contributed by atoms with Crippen LogP contribution < -0.4 is 4.74 Å². The molecule has 0 atom stereocenters. The Morgan fingerprint density at radius 3 is 2.00 bits per heavy atom. The molecule has 0 saturated heterocycles. The Bertz CT molecular complexity index is 1020. The summed E-state index contributed by atoms with van der Waals surface area (Å²) in [7, 11) is 0. The highest BCUT2D eigenvalue weighted by Crippen LogP contribution is 2.32. The molecule has 0 bridgehead atoms. The number of aliphatic hydroxyl groups excluding tert-OH is 1. The maximum Gasteiger partial charge on any atom is 0.194 e. The van der Waals surface area contributed by atoms with Crippen molar-refractivity contribution in [1.82, 2.24) is 0 Å². The van der Waals surface area contributed by atoms with Gasteiger partial charge in [0.2, 0.25) is 0 Å². The minimum absolute atomic E-state index is 0.130. The first-order valence-electron chi connectivity index (χ1n) is 8.69. The van der Waals surface area contributed by atoms with Gasteiger partial charge in [-0.2, -0.15) is 0 Å². The van der Waals surface area contributed by atoms with Crippen LogP contribution in [0.5, 0.6) is 5.75 Å². The van der Waals surface area contributed by atoms with Gasteiger partial charge in [-0.25, -0.2) is 0 Å². The van der Waals surface area contributed by atoms with Crippen molar-refractivity contribution in [2.75, 3.05) is 13.2 Å². The maximum atomic E-state index is 13.0. The van der Waals surface area contributed by atoms with Crippen LogP contribution in [0.3, 0.4) is 0 Å². The SMILES string of the molecule is O=C1c2ccc(OCCCCO)cc2C(=O)c2cc3ccccc3cc21. The molecule has 1 aliphatic carbocycles. The van der Waals surface area contributed by atoms with Crippen LogP contribution in [0, 0.1) is 0 Å². The molecule has 0 radical (unpaired) electrons. The molecule has 26 heavy (non-hydrogen) atoms. The van der Waals surface area contributed by atoms with Crippen LogP contribution >= 0.6 is 0 Å². The van der Waals surface area contributed by atoms with Gasteiger partial charge in [-0.15, -0.1) is 0 Å². The van der Waals surface area contributed by atoms with E-state index in [1.54, 1.807) is 30.3 Å². The number of carbonyl (C=O) groups is 2. The Morgan fingerprint density at radius 1 is 0.731 bits per heavy atom. The lowest BCUT2D eigenvalue weighted by Gasteiger charge is -2.19. The second-order valence-electron chi connectivity index (χ2n) is 6.39. The normalized spacial score (nSPS) is 12.8. The van der Waals surface area contributed by atoms with Gasteiger partial charge in [0.1, 0.15) is 5.75 Å². The molecule has 0 spiro atoms. The lowest BCUT2D eigenvalue weighted by molar-refractivity contribution is 0.0979. The van der Waals surface area contributed by atoms with Gasteiger partial charge in [0.25, 0.3) is 0 Å². The number of hydrogen-bond donors (Lipinski definition) is 1. The molecule has 130 valence electrons. The number of unbranched alkanes of at least 4 members (excludes halogenated alkanes) is 1. The summed E-state index contributed by atoms with van der Waals surface area (Å²) in [5, 5.41) is 10.7. The average molecular weight is 346 g/mol. The molecule has 0 amide bonds. The van der Waals surface area contributed by atoms with Crippen molar-refractivity contribution in [3.63, 3.8) is 0 Å². The number of hydrogen-bond acceptors (Lipinski definition) is 4. The maximum absolute atomic E-state index is 13.0. The van der Waals surface area contributed by atoms with Gasteiger partial charge in [0.15, 0.2) is 11.6 Å². The Hall–Kier alpha value is -2.98. The van der Waals surface area contributed by atoms with Gasteiger partial charge >= 0.3 is 0 Å². The number of fused-ring (bicyclic) bond motifs is 3. The van der Waals surface area contributed by atoms with E-state index in [2.05, 4.69) is 0 Å². The lowest BCUT2D eigenvalue weighted by Crippen LogP contribution is -2.21. The second kappa shape index (κ2) is 6.73. The summed E-state index contributed by atoms with van der Waals surface area (Å²) in [6, 6.07) is 16.3. The third-order valence-electron chi connectivity index (χ3n) is 4.68. The Kier molecular flexibility index (Phi) is 4.27. The lowest BCUT2D eigenvalue weighted by atomic mass is 9.82. The standard InChI is InChI=1S/C22H18O4/c23-9-3-4-10-26-16-7-8-17-20(13-16)22(25)19-12-15-6-2-1-5-14(15)11-18(19)21(17)24/h1-2,5-8,11-13,23H,3-4,9-10H2. The number of rotatable bonds is 5. The Morgan fingerprint density at radius 2 is 1.35 bits per heavy atom. The highest BCUT2D eigenvalue weighted by Gasteiger charge is 2.30. The minimum atomic E-state index is -0.152. The molecular weight excluding hydrogens is 328 g/mol. The van der Waals surface area contributed by atoms with Crippen molar-refractivity contribution >= 4 is 22.3 Å². The molecule has 1 N–H and O–H groups in total. The molecule has 0 unspecified atom stereocenters. The van der Waals surface area contributed by atoms with Crippen LogP contribution in [0.4, 0.5) is 0 Å². The fourth-order valence-corrected chi connectivity index (χ4v) is 3.31. The summed E-state index contributed by atoms with van der Waals surface area (Å²) in [6.45, 7) is 0.591. The summed E-state index contributed by atoms with van der Waals surface area (Å²) in [4.78, 5) is 25.9. The van der Waals surface area contributed by atoms with Crippen LogP contribution in [0.2, 0.25) is 0 Å². The third kappa shape index (κ3) is 2.78. The van der Waals surface area contributed by atoms with Crippen molar-refractivity contribution in [2.45, 2.75) is 12.8 Å². The smallest absolute Gasteiger partial charge is 0.194 e. The molecule has 4 heteroatoms. The predicted molar refractivity (Wildman–Crippen MR) is 99.1 cm³/mol. The Labute approximate surface area is 151 Å². The van der Waals surface area contributed by atoms with Crippen LogP contribution in [0.25, 0.3) is 10.8 Å². The van der Waals surface area contributed by atoms with Gasteiger partial charge in [-0.1, -0.05) is 24.3 Å². The molecule has 0 heterocycles. The van der Waals surface area contributed by atoms with E-state index >= 15 is 0 Å². The van der Waals surface area contributed by atoms with Crippen LogP contribution in [-0.2, 0) is 0 Å². The number of aliphatic hydroxyl groups is 1. The summed E-state index contributed by atoms with van der Waals surface area (Å²) >= 11 is 0. The van der Waals surface area contributed by atoms with E-state index in [9.17, 15) is 9.59 Å². The van der Waals surface area contributed by atoms with E-state index in [1.165, 1.54) is 0 Å². The van der Waals surface area contributed by atoms with Crippen molar-refractivity contribution < 1.29 is 19.4 Å². The fourth-order valence-electron chi connectivity index (χ4n) is 3.31. The molecular formula is C22H18O4. The number of ether oxygens (including phenoxy) is 1. The van der Waals surface area contributed by atoms with Gasteiger partial charge in [0.05, 0.1) is 6.61 Å². The molecule has 4 rings (SSSR count). The molecule has 0 saturated carbocycles. The minimum Gasteiger partial charge on any atom is -0.494 e. The van der Waals surface area contributed by atoms with E-state index in [0.29, 0.717) is 41.0 Å². The fraction of sp³-hybridized carbons (Fsp3) is 0.182. The largest absolute Gasteiger partial charge is 0.494 e. The van der Waals surface area contributed by atoms with Gasteiger partial charge < -0.3 is 9.84 Å². The Balaban J connectivity index is 1.72. The predicted octanol–water partition coefficient (Wildman–Crippen LogP) is 3.77. The van der Waals surface area contributed by atoms with Crippen LogP contribution in [0.1, 0.15) is 44.7 Å². The highest BCUT2D eigenvalue weighted by atomic mass is 16.5. The number of benzene rings is 3. The first-order valence-corrected chi connectivity index (χ1v) is 8.69. The van der Waals surface area contributed by atoms with Crippen molar-refractivity contribution in [2.24, 2.45) is 0 Å². The molecule has 3 aromatic carbocycles. The van der Waals surface area contributed by atoms with E-state index < -0.39 is 0 Å². The summed E-state index contributed by atoms with van der Waals surface area (Å²) < 4.78 is 5.64. The molecule has 0 aromatic heterocycles. The second-order valence-corrected chi connectivity index (χ2v) is 6.39. The average Bonchev–Trinajstić information content (AvgIpc) is 2.68. The summed E-state index contributed by atoms with van der Waals surface area (Å²) in [5.41, 5.74) is 1.70. The zero-order valence-electron chi connectivity index (χ0n) is 14.2. The number of ketones is 2. The van der Waals surface area contributed by atoms with Crippen LogP contribution in [-0.4, -0.2) is 29.9 Å². The zero-order chi connectivity index (χ0) is 18.1. The van der Waals surface area contributed by atoms with Crippen molar-refractivity contribution in [1.29, 1.82) is 0 Å². The molecule has 0 fully saturated rings. The van der Waals surface area contributed by atoms with Gasteiger partial charge in [-0.05, 0) is 53.9 Å². The van der Waals surface area contributed by atoms with E-state index in [-0.39, 0.29) is 18.2 Å². The topological polar surface area (TPSA) is 63.6 Å². The van der Waals surface area contributed by atoms with E-state index in [1.807, 2.05) is 24.3 Å². The van der Waals surface area contributed by atoms with Crippen molar-refractivity contribution in [3.05, 3.63) is 76.9 Å².